The fraction of sp³-hybridized carbons (Fsp3) is 0.750. The summed E-state index contributed by atoms with van der Waals surface area (Å²) in [5.74, 6) is 1.70. The Hall–Kier alpha value is -0.870. The minimum absolute atomic E-state index is 0.301. The van der Waals surface area contributed by atoms with Crippen LogP contribution >= 0.6 is 0 Å². The van der Waals surface area contributed by atoms with Crippen molar-refractivity contribution in [1.82, 2.24) is 9.55 Å². The maximum atomic E-state index is 5.99. The van der Waals surface area contributed by atoms with E-state index in [0.29, 0.717) is 12.0 Å². The molecule has 0 bridgehead atoms. The highest BCUT2D eigenvalue weighted by atomic mass is 16.5. The van der Waals surface area contributed by atoms with Gasteiger partial charge in [-0.2, -0.15) is 0 Å². The third kappa shape index (κ3) is 1.57. The molecule has 88 valence electrons. The summed E-state index contributed by atoms with van der Waals surface area (Å²) in [6.07, 6.45) is 4.22. The second kappa shape index (κ2) is 3.86. The van der Waals surface area contributed by atoms with Crippen LogP contribution in [0.25, 0.3) is 0 Å². The second-order valence-corrected chi connectivity index (χ2v) is 4.99. The lowest BCUT2D eigenvalue weighted by Crippen LogP contribution is -2.28. The Balaban J connectivity index is 1.95. The average Bonchev–Trinajstić information content (AvgIpc) is 2.86. The van der Waals surface area contributed by atoms with Gasteiger partial charge in [-0.25, -0.2) is 4.98 Å². The van der Waals surface area contributed by atoms with Gasteiger partial charge in [0, 0.05) is 37.7 Å². The van der Waals surface area contributed by atoms with Crippen LogP contribution in [0.15, 0.2) is 0 Å². The number of imidazole rings is 1. The van der Waals surface area contributed by atoms with Crippen LogP contribution < -0.4 is 5.73 Å². The van der Waals surface area contributed by atoms with Crippen molar-refractivity contribution >= 4 is 0 Å². The van der Waals surface area contributed by atoms with E-state index in [9.17, 15) is 0 Å². The molecule has 3 rings (SSSR count). The second-order valence-electron chi connectivity index (χ2n) is 4.99. The lowest BCUT2D eigenvalue weighted by molar-refractivity contribution is 0.193. The number of aromatic nitrogens is 2. The van der Waals surface area contributed by atoms with Crippen LogP contribution in [0.4, 0.5) is 0 Å². The molecule has 0 spiro atoms. The molecule has 1 aliphatic heterocycles. The van der Waals surface area contributed by atoms with Gasteiger partial charge in [0.1, 0.15) is 5.82 Å². The predicted octanol–water partition coefficient (Wildman–Crippen LogP) is 0.740. The Morgan fingerprint density at radius 1 is 1.44 bits per heavy atom. The van der Waals surface area contributed by atoms with Crippen LogP contribution in [0.2, 0.25) is 0 Å². The van der Waals surface area contributed by atoms with Crippen LogP contribution in [0.3, 0.4) is 0 Å². The van der Waals surface area contributed by atoms with Gasteiger partial charge in [0.05, 0.1) is 12.3 Å². The smallest absolute Gasteiger partial charge is 0.114 e. The highest BCUT2D eigenvalue weighted by molar-refractivity contribution is 5.23. The van der Waals surface area contributed by atoms with Crippen LogP contribution in [0.5, 0.6) is 0 Å². The highest BCUT2D eigenvalue weighted by Gasteiger charge is 2.27. The molecule has 1 aliphatic carbocycles. The van der Waals surface area contributed by atoms with Gasteiger partial charge in [0.25, 0.3) is 0 Å². The summed E-state index contributed by atoms with van der Waals surface area (Å²) in [4.78, 5) is 4.79. The third-order valence-corrected chi connectivity index (χ3v) is 3.83. The molecule has 1 aromatic heterocycles. The molecular formula is C12H19N3O. The highest BCUT2D eigenvalue weighted by Crippen LogP contribution is 2.28. The lowest BCUT2D eigenvalue weighted by atomic mass is 9.97. The number of hydrogen-bond donors (Lipinski definition) is 1. The summed E-state index contributed by atoms with van der Waals surface area (Å²) < 4.78 is 7.72. The van der Waals surface area contributed by atoms with E-state index >= 15 is 0 Å². The molecule has 2 unspecified atom stereocenters. The monoisotopic (exact) mass is 221 g/mol. The van der Waals surface area contributed by atoms with E-state index in [0.717, 1.165) is 38.9 Å². The van der Waals surface area contributed by atoms with Gasteiger partial charge < -0.3 is 15.0 Å². The topological polar surface area (TPSA) is 53.1 Å². The molecule has 2 N–H and O–H groups in total. The van der Waals surface area contributed by atoms with Gasteiger partial charge in [-0.3, -0.25) is 0 Å². The van der Waals surface area contributed by atoms with Gasteiger partial charge >= 0.3 is 0 Å². The van der Waals surface area contributed by atoms with Gasteiger partial charge in [-0.05, 0) is 19.3 Å². The molecular weight excluding hydrogens is 202 g/mol. The van der Waals surface area contributed by atoms with E-state index in [2.05, 4.69) is 11.6 Å². The summed E-state index contributed by atoms with van der Waals surface area (Å²) in [6.45, 7) is 1.71. The molecule has 4 nitrogen and oxygen atoms in total. The molecule has 0 amide bonds. The first kappa shape index (κ1) is 10.3. The standard InChI is InChI=1S/C12H19N3O/c1-15-11-3-2-9(13)6-10(11)14-12(15)8-4-5-16-7-8/h8-9H,2-7,13H2,1H3. The van der Waals surface area contributed by atoms with Gasteiger partial charge in [0.15, 0.2) is 0 Å². The SMILES string of the molecule is Cn1c(C2CCOC2)nc2c1CCC(N)C2. The summed E-state index contributed by atoms with van der Waals surface area (Å²) in [6, 6.07) is 0.301. The number of rotatable bonds is 1. The van der Waals surface area contributed by atoms with Gasteiger partial charge in [-0.1, -0.05) is 0 Å². The van der Waals surface area contributed by atoms with Crippen molar-refractivity contribution in [2.45, 2.75) is 37.6 Å². The van der Waals surface area contributed by atoms with Crippen LogP contribution in [0.1, 0.15) is 36.0 Å². The third-order valence-electron chi connectivity index (χ3n) is 3.83. The number of nitrogens with two attached hydrogens (primary N) is 1. The zero-order valence-electron chi connectivity index (χ0n) is 9.78. The van der Waals surface area contributed by atoms with E-state index in [1.165, 1.54) is 17.2 Å². The number of hydrogen-bond acceptors (Lipinski definition) is 3. The van der Waals surface area contributed by atoms with Crippen molar-refractivity contribution < 1.29 is 4.74 Å². The largest absolute Gasteiger partial charge is 0.381 e. The van der Waals surface area contributed by atoms with Crippen molar-refractivity contribution in [3.8, 4) is 0 Å². The van der Waals surface area contributed by atoms with Crippen molar-refractivity contribution in [2.24, 2.45) is 12.8 Å². The van der Waals surface area contributed by atoms with E-state index in [-0.39, 0.29) is 0 Å². The van der Waals surface area contributed by atoms with Crippen LogP contribution in [-0.2, 0) is 24.6 Å². The van der Waals surface area contributed by atoms with E-state index in [4.69, 9.17) is 15.5 Å². The van der Waals surface area contributed by atoms with Crippen molar-refractivity contribution in [3.63, 3.8) is 0 Å². The molecule has 2 aliphatic rings. The molecule has 0 aromatic carbocycles. The summed E-state index contributed by atoms with van der Waals surface area (Å²) in [5, 5.41) is 0. The van der Waals surface area contributed by atoms with Crippen LogP contribution in [-0.4, -0.2) is 28.8 Å². The van der Waals surface area contributed by atoms with Crippen molar-refractivity contribution in [3.05, 3.63) is 17.2 Å². The lowest BCUT2D eigenvalue weighted by Gasteiger charge is -2.18. The maximum absolute atomic E-state index is 5.99. The summed E-state index contributed by atoms with van der Waals surface area (Å²) in [5.41, 5.74) is 8.61. The normalized spacial score (nSPS) is 29.4. The quantitative estimate of drug-likeness (QED) is 0.761. The zero-order valence-corrected chi connectivity index (χ0v) is 9.78. The molecule has 1 aromatic rings. The zero-order chi connectivity index (χ0) is 11.1. The Kier molecular flexibility index (Phi) is 2.48. The Morgan fingerprint density at radius 3 is 3.06 bits per heavy atom. The molecule has 16 heavy (non-hydrogen) atoms. The Bertz CT molecular complexity index is 393. The molecule has 0 saturated carbocycles. The van der Waals surface area contributed by atoms with Gasteiger partial charge in [0.2, 0.25) is 0 Å². The molecule has 2 heterocycles. The first-order valence-corrected chi connectivity index (χ1v) is 6.13. The minimum atomic E-state index is 0.301. The minimum Gasteiger partial charge on any atom is -0.381 e. The average molecular weight is 221 g/mol. The maximum Gasteiger partial charge on any atom is 0.114 e. The van der Waals surface area contributed by atoms with Crippen molar-refractivity contribution in [2.75, 3.05) is 13.2 Å². The number of fused-ring (bicyclic) bond motifs is 1. The predicted molar refractivity (Wildman–Crippen MR) is 61.4 cm³/mol. The van der Waals surface area contributed by atoms with Crippen LogP contribution in [0, 0.1) is 0 Å². The van der Waals surface area contributed by atoms with Crippen molar-refractivity contribution in [1.29, 1.82) is 0 Å². The van der Waals surface area contributed by atoms with E-state index in [1.54, 1.807) is 0 Å². The molecule has 1 fully saturated rings. The first-order chi connectivity index (χ1) is 7.75. The molecule has 2 atom stereocenters. The molecule has 0 radical (unpaired) electrons. The summed E-state index contributed by atoms with van der Waals surface area (Å²) in [7, 11) is 2.14. The Morgan fingerprint density at radius 2 is 2.31 bits per heavy atom. The number of ether oxygens (including phenoxy) is 1. The fourth-order valence-electron chi connectivity index (χ4n) is 2.86. The van der Waals surface area contributed by atoms with E-state index < -0.39 is 0 Å². The molecule has 4 heteroatoms. The van der Waals surface area contributed by atoms with Gasteiger partial charge in [-0.15, -0.1) is 0 Å². The number of nitrogens with zero attached hydrogens (tertiary/aromatic N) is 2. The first-order valence-electron chi connectivity index (χ1n) is 6.13. The summed E-state index contributed by atoms with van der Waals surface area (Å²) >= 11 is 0. The van der Waals surface area contributed by atoms with E-state index in [1.807, 2.05) is 0 Å². The fourth-order valence-corrected chi connectivity index (χ4v) is 2.86. The Labute approximate surface area is 95.8 Å². The molecule has 1 saturated heterocycles.